The van der Waals surface area contributed by atoms with Gasteiger partial charge >= 0.3 is 0 Å². The molecule has 1 aromatic carbocycles. The second-order valence-electron chi connectivity index (χ2n) is 3.43. The summed E-state index contributed by atoms with van der Waals surface area (Å²) in [7, 11) is 1.90. The Kier molecular flexibility index (Phi) is 1.60. The zero-order valence-electron chi connectivity index (χ0n) is 7.81. The highest BCUT2D eigenvalue weighted by molar-refractivity contribution is 5.78. The summed E-state index contributed by atoms with van der Waals surface area (Å²) in [6, 6.07) is 5.78. The molecule has 0 aromatic heterocycles. The zero-order valence-corrected chi connectivity index (χ0v) is 7.81. The SMILES string of the molecule is CNC1(C)Nc2ccc(N)cc2N1. The van der Waals surface area contributed by atoms with Crippen molar-refractivity contribution in [2.24, 2.45) is 0 Å². The van der Waals surface area contributed by atoms with Gasteiger partial charge in [-0.15, -0.1) is 0 Å². The molecule has 0 saturated carbocycles. The molecule has 1 aliphatic rings. The molecule has 0 saturated heterocycles. The van der Waals surface area contributed by atoms with Crippen molar-refractivity contribution < 1.29 is 0 Å². The molecule has 5 N–H and O–H groups in total. The van der Waals surface area contributed by atoms with E-state index in [2.05, 4.69) is 16.0 Å². The molecule has 1 aliphatic heterocycles. The second-order valence-corrected chi connectivity index (χ2v) is 3.43. The predicted molar refractivity (Wildman–Crippen MR) is 55.6 cm³/mol. The fraction of sp³-hybridized carbons (Fsp3) is 0.333. The van der Waals surface area contributed by atoms with E-state index in [-0.39, 0.29) is 5.79 Å². The van der Waals surface area contributed by atoms with Crippen molar-refractivity contribution in [3.05, 3.63) is 18.2 Å². The number of nitrogen functional groups attached to an aromatic ring is 1. The summed E-state index contributed by atoms with van der Waals surface area (Å²) in [4.78, 5) is 0. The molecule has 4 nitrogen and oxygen atoms in total. The van der Waals surface area contributed by atoms with Crippen LogP contribution in [-0.2, 0) is 0 Å². The highest BCUT2D eigenvalue weighted by Crippen LogP contribution is 2.33. The maximum atomic E-state index is 5.67. The van der Waals surface area contributed by atoms with Crippen LogP contribution in [0.2, 0.25) is 0 Å². The summed E-state index contributed by atoms with van der Waals surface area (Å²) in [5.41, 5.74) is 8.56. The van der Waals surface area contributed by atoms with E-state index in [0.717, 1.165) is 17.1 Å². The number of nitrogens with two attached hydrogens (primary N) is 1. The lowest BCUT2D eigenvalue weighted by atomic mass is 10.2. The summed E-state index contributed by atoms with van der Waals surface area (Å²) in [6.07, 6.45) is 0. The standard InChI is InChI=1S/C9H14N4/c1-9(11-2)12-7-4-3-6(10)5-8(7)13-9/h3-5,11-13H,10H2,1-2H3. The van der Waals surface area contributed by atoms with Crippen LogP contribution < -0.4 is 21.7 Å². The normalized spacial score (nSPS) is 24.8. The summed E-state index contributed by atoms with van der Waals surface area (Å²) in [5.74, 6) is -0.268. The van der Waals surface area contributed by atoms with E-state index in [1.807, 2.05) is 32.2 Å². The van der Waals surface area contributed by atoms with E-state index in [1.165, 1.54) is 0 Å². The molecule has 0 fully saturated rings. The van der Waals surface area contributed by atoms with Gasteiger partial charge in [0.25, 0.3) is 0 Å². The first kappa shape index (κ1) is 8.19. The Morgan fingerprint density at radius 1 is 1.31 bits per heavy atom. The maximum Gasteiger partial charge on any atom is 0.161 e. The van der Waals surface area contributed by atoms with Gasteiger partial charge in [0, 0.05) is 5.69 Å². The molecule has 0 bridgehead atoms. The van der Waals surface area contributed by atoms with Crippen LogP contribution in [0.4, 0.5) is 17.1 Å². The molecule has 2 rings (SSSR count). The van der Waals surface area contributed by atoms with Crippen LogP contribution >= 0.6 is 0 Å². The van der Waals surface area contributed by atoms with Crippen LogP contribution in [0.15, 0.2) is 18.2 Å². The number of anilines is 3. The molecular formula is C9H14N4. The average molecular weight is 178 g/mol. The smallest absolute Gasteiger partial charge is 0.161 e. The first-order valence-electron chi connectivity index (χ1n) is 4.28. The number of hydrogen-bond acceptors (Lipinski definition) is 4. The van der Waals surface area contributed by atoms with E-state index in [1.54, 1.807) is 0 Å². The highest BCUT2D eigenvalue weighted by Gasteiger charge is 2.29. The van der Waals surface area contributed by atoms with Crippen molar-refractivity contribution >= 4 is 17.1 Å². The fourth-order valence-electron chi connectivity index (χ4n) is 1.47. The van der Waals surface area contributed by atoms with Gasteiger partial charge in [-0.3, -0.25) is 5.32 Å². The number of rotatable bonds is 1. The molecule has 1 aromatic rings. The Morgan fingerprint density at radius 2 is 2.00 bits per heavy atom. The minimum atomic E-state index is -0.268. The minimum absolute atomic E-state index is 0.268. The molecule has 1 atom stereocenters. The molecule has 0 radical (unpaired) electrons. The molecule has 0 aliphatic carbocycles. The fourth-order valence-corrected chi connectivity index (χ4v) is 1.47. The van der Waals surface area contributed by atoms with Gasteiger partial charge in [0.1, 0.15) is 0 Å². The first-order valence-corrected chi connectivity index (χ1v) is 4.28. The van der Waals surface area contributed by atoms with Crippen LogP contribution in [0.5, 0.6) is 0 Å². The van der Waals surface area contributed by atoms with Gasteiger partial charge in [0.2, 0.25) is 0 Å². The molecule has 4 heteroatoms. The average Bonchev–Trinajstić information content (AvgIpc) is 2.42. The molecule has 1 heterocycles. The first-order chi connectivity index (χ1) is 6.13. The van der Waals surface area contributed by atoms with Crippen molar-refractivity contribution in [3.8, 4) is 0 Å². The Hall–Kier alpha value is -1.42. The Bertz CT molecular complexity index is 336. The Morgan fingerprint density at radius 3 is 2.69 bits per heavy atom. The minimum Gasteiger partial charge on any atom is -0.399 e. The van der Waals surface area contributed by atoms with Crippen molar-refractivity contribution in [1.29, 1.82) is 0 Å². The Balaban J connectivity index is 2.35. The summed E-state index contributed by atoms with van der Waals surface area (Å²) < 4.78 is 0. The van der Waals surface area contributed by atoms with Gasteiger partial charge in [-0.1, -0.05) is 0 Å². The van der Waals surface area contributed by atoms with E-state index >= 15 is 0 Å². The van der Waals surface area contributed by atoms with Crippen molar-refractivity contribution in [2.45, 2.75) is 12.7 Å². The number of benzene rings is 1. The van der Waals surface area contributed by atoms with Crippen molar-refractivity contribution in [2.75, 3.05) is 23.4 Å². The van der Waals surface area contributed by atoms with Gasteiger partial charge in [0.05, 0.1) is 11.4 Å². The summed E-state index contributed by atoms with van der Waals surface area (Å²) >= 11 is 0. The molecule has 0 amide bonds. The highest BCUT2D eigenvalue weighted by atomic mass is 15.4. The lowest BCUT2D eigenvalue weighted by molar-refractivity contribution is 0.514. The van der Waals surface area contributed by atoms with Gasteiger partial charge in [-0.2, -0.15) is 0 Å². The Labute approximate surface area is 77.5 Å². The predicted octanol–water partition coefficient (Wildman–Crippen LogP) is 0.999. The zero-order chi connectivity index (χ0) is 9.47. The molecule has 1 unspecified atom stereocenters. The lowest BCUT2D eigenvalue weighted by Crippen LogP contribution is -2.50. The van der Waals surface area contributed by atoms with Gasteiger partial charge in [-0.25, -0.2) is 0 Å². The number of fused-ring (bicyclic) bond motifs is 1. The number of hydrogen-bond donors (Lipinski definition) is 4. The molecule has 13 heavy (non-hydrogen) atoms. The van der Waals surface area contributed by atoms with Gasteiger partial charge in [-0.05, 0) is 32.2 Å². The lowest BCUT2D eigenvalue weighted by Gasteiger charge is -2.24. The van der Waals surface area contributed by atoms with Crippen LogP contribution in [0.25, 0.3) is 0 Å². The second kappa shape index (κ2) is 2.53. The van der Waals surface area contributed by atoms with Crippen molar-refractivity contribution in [1.82, 2.24) is 5.32 Å². The molecule has 0 spiro atoms. The molecular weight excluding hydrogens is 164 g/mol. The monoisotopic (exact) mass is 178 g/mol. The van der Waals surface area contributed by atoms with Crippen molar-refractivity contribution in [3.63, 3.8) is 0 Å². The van der Waals surface area contributed by atoms with Crippen LogP contribution in [-0.4, -0.2) is 12.8 Å². The summed E-state index contributed by atoms with van der Waals surface area (Å²) in [6.45, 7) is 2.03. The van der Waals surface area contributed by atoms with Gasteiger partial charge < -0.3 is 16.4 Å². The van der Waals surface area contributed by atoms with Crippen LogP contribution in [0.3, 0.4) is 0 Å². The number of nitrogens with one attached hydrogen (secondary N) is 3. The topological polar surface area (TPSA) is 62.1 Å². The third-order valence-corrected chi connectivity index (χ3v) is 2.31. The van der Waals surface area contributed by atoms with Crippen LogP contribution in [0, 0.1) is 0 Å². The van der Waals surface area contributed by atoms with E-state index in [0.29, 0.717) is 0 Å². The largest absolute Gasteiger partial charge is 0.399 e. The third kappa shape index (κ3) is 1.29. The van der Waals surface area contributed by atoms with E-state index < -0.39 is 0 Å². The molecule has 70 valence electrons. The third-order valence-electron chi connectivity index (χ3n) is 2.31. The quantitative estimate of drug-likeness (QED) is 0.484. The van der Waals surface area contributed by atoms with Crippen LogP contribution in [0.1, 0.15) is 6.92 Å². The van der Waals surface area contributed by atoms with E-state index in [4.69, 9.17) is 5.73 Å². The maximum absolute atomic E-state index is 5.67. The van der Waals surface area contributed by atoms with Gasteiger partial charge in [0.15, 0.2) is 5.79 Å². The summed E-state index contributed by atoms with van der Waals surface area (Å²) in [5, 5.41) is 9.75. The van der Waals surface area contributed by atoms with E-state index in [9.17, 15) is 0 Å².